The molecule has 1 fully saturated rings. The maximum absolute atomic E-state index is 2.73. The Morgan fingerprint density at radius 1 is 0.444 bits per heavy atom. The molecule has 4 heteroatoms. The Kier molecular flexibility index (Phi) is 7.21. The third-order valence-electron chi connectivity index (χ3n) is 7.49. The molecular weight excluding hydrogens is 474 g/mol. The lowest BCUT2D eigenvalue weighted by Gasteiger charge is -2.42. The number of nitrogens with zero attached hydrogens (tertiary/aromatic N) is 2. The molecule has 0 saturated carbocycles. The van der Waals surface area contributed by atoms with Crippen LogP contribution in [0.3, 0.4) is 0 Å². The average Bonchev–Trinajstić information content (AvgIpc) is 2.89. The molecule has 0 unspecified atom stereocenters. The SMILES string of the molecule is Cc1ccc(N2C[P+](C)(c3ccccc3)CN(c3ccc(C)cc3)C[P+](C)(c3ccccc3)C2)cc1. The van der Waals surface area contributed by atoms with Crippen LogP contribution in [0, 0.1) is 13.8 Å². The van der Waals surface area contributed by atoms with Crippen molar-refractivity contribution in [2.45, 2.75) is 13.8 Å². The van der Waals surface area contributed by atoms with E-state index in [4.69, 9.17) is 0 Å². The first kappa shape index (κ1) is 25.0. The Morgan fingerprint density at radius 2 is 0.750 bits per heavy atom. The third-order valence-corrected chi connectivity index (χ3v) is 14.4. The second-order valence-electron chi connectivity index (χ2n) is 10.8. The highest BCUT2D eigenvalue weighted by atomic mass is 31.2. The van der Waals surface area contributed by atoms with Crippen LogP contribution in [-0.4, -0.2) is 38.5 Å². The minimum Gasteiger partial charge on any atom is -0.306 e. The van der Waals surface area contributed by atoms with E-state index < -0.39 is 14.5 Å². The van der Waals surface area contributed by atoms with Crippen molar-refractivity contribution in [1.82, 2.24) is 0 Å². The summed E-state index contributed by atoms with van der Waals surface area (Å²) in [5.74, 6) is 0. The van der Waals surface area contributed by atoms with Crippen LogP contribution in [-0.2, 0) is 0 Å². The van der Waals surface area contributed by atoms with Crippen molar-refractivity contribution in [3.63, 3.8) is 0 Å². The number of aryl methyl sites for hydroxylation is 2. The summed E-state index contributed by atoms with van der Waals surface area (Å²) in [5.41, 5.74) is 5.34. The van der Waals surface area contributed by atoms with Crippen LogP contribution in [0.5, 0.6) is 0 Å². The van der Waals surface area contributed by atoms with Gasteiger partial charge in [0, 0.05) is 11.4 Å². The predicted molar refractivity (Wildman–Crippen MR) is 165 cm³/mol. The number of rotatable bonds is 4. The van der Waals surface area contributed by atoms with Crippen molar-refractivity contribution >= 4 is 36.5 Å². The molecule has 4 aromatic carbocycles. The molecule has 1 heterocycles. The highest BCUT2D eigenvalue weighted by Gasteiger charge is 2.48. The third kappa shape index (κ3) is 5.36. The van der Waals surface area contributed by atoms with Crippen molar-refractivity contribution < 1.29 is 0 Å². The normalized spacial score (nSPS) is 22.7. The number of hydrogen-bond donors (Lipinski definition) is 0. The van der Waals surface area contributed by atoms with Crippen LogP contribution >= 0.6 is 14.5 Å². The van der Waals surface area contributed by atoms with Crippen LogP contribution in [0.15, 0.2) is 109 Å². The maximum atomic E-state index is 2.73. The van der Waals surface area contributed by atoms with Gasteiger partial charge in [-0.25, -0.2) is 0 Å². The molecule has 0 amide bonds. The molecule has 0 spiro atoms. The lowest BCUT2D eigenvalue weighted by Crippen LogP contribution is -2.44. The van der Waals surface area contributed by atoms with E-state index >= 15 is 0 Å². The summed E-state index contributed by atoms with van der Waals surface area (Å²) in [6, 6.07) is 41.0. The summed E-state index contributed by atoms with van der Waals surface area (Å²) in [4.78, 5) is 5.46. The molecule has 0 N–H and O–H groups in total. The highest BCUT2D eigenvalue weighted by Crippen LogP contribution is 2.63. The predicted octanol–water partition coefficient (Wildman–Crippen LogP) is 7.41. The Labute approximate surface area is 218 Å². The lowest BCUT2D eigenvalue weighted by molar-refractivity contribution is 0.966. The van der Waals surface area contributed by atoms with Gasteiger partial charge in [0.25, 0.3) is 0 Å². The number of anilines is 2. The van der Waals surface area contributed by atoms with Gasteiger partial charge in [-0.2, -0.15) is 0 Å². The molecule has 5 rings (SSSR count). The average molecular weight is 513 g/mol. The van der Waals surface area contributed by atoms with Crippen LogP contribution < -0.4 is 20.4 Å². The summed E-state index contributed by atoms with van der Waals surface area (Å²) in [6.07, 6.45) is 4.35. The molecular formula is C32H38N2P2+2. The summed E-state index contributed by atoms with van der Waals surface area (Å²) in [6.45, 7) is 9.49. The lowest BCUT2D eigenvalue weighted by atomic mass is 10.2. The standard InChI is InChI=1S/C32H38N2P2/c1-27-15-19-29(20-16-27)33-23-35(3,31-11-7-5-8-12-31)25-34(30-21-17-28(2)18-22-30)26-36(4,24-33)32-13-9-6-10-14-32/h5-22H,23-26H2,1-4H3/q+2. The molecule has 0 bridgehead atoms. The van der Waals surface area contributed by atoms with Crippen LogP contribution in [0.25, 0.3) is 0 Å². The fraction of sp³-hybridized carbons (Fsp3) is 0.250. The number of benzene rings is 4. The Balaban J connectivity index is 1.64. The van der Waals surface area contributed by atoms with Gasteiger partial charge < -0.3 is 9.80 Å². The largest absolute Gasteiger partial charge is 0.306 e. The first-order valence-corrected chi connectivity index (χ1v) is 18.0. The van der Waals surface area contributed by atoms with Crippen LogP contribution in [0.1, 0.15) is 11.1 Å². The van der Waals surface area contributed by atoms with Gasteiger partial charge in [0.15, 0.2) is 0 Å². The fourth-order valence-electron chi connectivity index (χ4n) is 5.43. The second kappa shape index (κ2) is 10.4. The van der Waals surface area contributed by atoms with Gasteiger partial charge >= 0.3 is 0 Å². The molecule has 1 aliphatic rings. The van der Waals surface area contributed by atoms with Crippen molar-refractivity contribution in [2.24, 2.45) is 0 Å². The number of hydrogen-bond acceptors (Lipinski definition) is 2. The summed E-state index contributed by atoms with van der Waals surface area (Å²) < 4.78 is 0. The van der Waals surface area contributed by atoms with E-state index in [0.29, 0.717) is 0 Å². The van der Waals surface area contributed by atoms with E-state index in [-0.39, 0.29) is 0 Å². The molecule has 1 saturated heterocycles. The van der Waals surface area contributed by atoms with E-state index in [1.807, 2.05) is 0 Å². The maximum Gasteiger partial charge on any atom is 0.139 e. The molecule has 4 aromatic rings. The first-order chi connectivity index (χ1) is 17.3. The Hall–Kier alpha value is -2.66. The Bertz CT molecular complexity index is 1160. The summed E-state index contributed by atoms with van der Waals surface area (Å²) in [5, 5.41) is 3.03. The molecule has 0 aliphatic carbocycles. The molecule has 0 atom stereocenters. The van der Waals surface area contributed by atoms with E-state index in [9.17, 15) is 0 Å². The molecule has 0 radical (unpaired) electrons. The second-order valence-corrected chi connectivity index (χ2v) is 18.5. The first-order valence-electron chi connectivity index (χ1n) is 12.8. The zero-order valence-corrected chi connectivity index (χ0v) is 23.8. The van der Waals surface area contributed by atoms with Crippen LogP contribution in [0.2, 0.25) is 0 Å². The zero-order chi connectivity index (χ0) is 25.2. The van der Waals surface area contributed by atoms with Crippen molar-refractivity contribution in [1.29, 1.82) is 0 Å². The molecule has 0 aromatic heterocycles. The zero-order valence-electron chi connectivity index (χ0n) is 22.0. The van der Waals surface area contributed by atoms with Crippen LogP contribution in [0.4, 0.5) is 11.4 Å². The van der Waals surface area contributed by atoms with Gasteiger partial charge in [-0.3, -0.25) is 0 Å². The van der Waals surface area contributed by atoms with E-state index in [0.717, 1.165) is 25.1 Å². The van der Waals surface area contributed by atoms with Crippen molar-refractivity contribution in [2.75, 3.05) is 48.3 Å². The minimum absolute atomic E-state index is 1.09. The smallest absolute Gasteiger partial charge is 0.139 e. The monoisotopic (exact) mass is 512 g/mol. The minimum atomic E-state index is -1.53. The molecule has 36 heavy (non-hydrogen) atoms. The quantitative estimate of drug-likeness (QED) is 0.263. The van der Waals surface area contributed by atoms with E-state index in [1.54, 1.807) is 0 Å². The molecule has 2 nitrogen and oxygen atoms in total. The van der Waals surface area contributed by atoms with Gasteiger partial charge in [-0.15, -0.1) is 0 Å². The molecule has 1 aliphatic heterocycles. The van der Waals surface area contributed by atoms with Gasteiger partial charge in [0.1, 0.15) is 25.1 Å². The molecule has 184 valence electrons. The fourth-order valence-corrected chi connectivity index (χ4v) is 12.4. The summed E-state index contributed by atoms with van der Waals surface area (Å²) in [7, 11) is -3.06. The van der Waals surface area contributed by atoms with E-state index in [2.05, 4.69) is 146 Å². The topological polar surface area (TPSA) is 6.48 Å². The van der Waals surface area contributed by atoms with E-state index in [1.165, 1.54) is 33.1 Å². The van der Waals surface area contributed by atoms with Crippen molar-refractivity contribution in [3.05, 3.63) is 120 Å². The Morgan fingerprint density at radius 3 is 1.06 bits per heavy atom. The van der Waals surface area contributed by atoms with Crippen molar-refractivity contribution in [3.8, 4) is 0 Å². The highest BCUT2D eigenvalue weighted by molar-refractivity contribution is 7.84. The summed E-state index contributed by atoms with van der Waals surface area (Å²) >= 11 is 0. The van der Waals surface area contributed by atoms with Gasteiger partial charge in [0.2, 0.25) is 0 Å². The van der Waals surface area contributed by atoms with Gasteiger partial charge in [-0.05, 0) is 62.4 Å². The van der Waals surface area contributed by atoms with Gasteiger partial charge in [-0.1, -0.05) is 71.8 Å². The van der Waals surface area contributed by atoms with Gasteiger partial charge in [0.05, 0.1) is 38.5 Å².